The maximum absolute atomic E-state index is 12.7. The van der Waals surface area contributed by atoms with Crippen LogP contribution in [0.4, 0.5) is 0 Å². The zero-order valence-corrected chi connectivity index (χ0v) is 13.0. The molecule has 21 heavy (non-hydrogen) atoms. The lowest BCUT2D eigenvalue weighted by atomic mass is 9.81. The van der Waals surface area contributed by atoms with Gasteiger partial charge in [-0.25, -0.2) is 0 Å². The molecule has 0 bridgehead atoms. The zero-order chi connectivity index (χ0) is 14.9. The van der Waals surface area contributed by atoms with Gasteiger partial charge in [0.2, 0.25) is 11.8 Å². The first-order valence-electron chi connectivity index (χ1n) is 8.39. The highest BCUT2D eigenvalue weighted by atomic mass is 16.2. The minimum atomic E-state index is -0.234. The van der Waals surface area contributed by atoms with Crippen molar-refractivity contribution in [2.24, 2.45) is 11.3 Å². The Morgan fingerprint density at radius 1 is 1.19 bits per heavy atom. The van der Waals surface area contributed by atoms with Gasteiger partial charge in [-0.2, -0.15) is 0 Å². The molecule has 0 aromatic heterocycles. The molecule has 1 saturated carbocycles. The lowest BCUT2D eigenvalue weighted by molar-refractivity contribution is -0.143. The van der Waals surface area contributed by atoms with Crippen LogP contribution in [0.3, 0.4) is 0 Å². The number of nitrogens with one attached hydrogen (secondary N) is 2. The molecule has 1 unspecified atom stereocenters. The van der Waals surface area contributed by atoms with Crippen molar-refractivity contribution in [2.45, 2.75) is 51.5 Å². The number of hydrogen-bond acceptors (Lipinski definition) is 3. The Kier molecular flexibility index (Phi) is 4.20. The van der Waals surface area contributed by atoms with E-state index in [1.54, 1.807) is 0 Å². The third-order valence-electron chi connectivity index (χ3n) is 5.19. The smallest absolute Gasteiger partial charge is 0.229 e. The fourth-order valence-corrected chi connectivity index (χ4v) is 3.51. The Labute approximate surface area is 126 Å². The van der Waals surface area contributed by atoms with Crippen molar-refractivity contribution in [2.75, 3.05) is 26.2 Å². The first-order chi connectivity index (χ1) is 10.1. The molecule has 5 heteroatoms. The van der Waals surface area contributed by atoms with Gasteiger partial charge in [0.15, 0.2) is 0 Å². The summed E-state index contributed by atoms with van der Waals surface area (Å²) in [6.07, 6.45) is 5.96. The summed E-state index contributed by atoms with van der Waals surface area (Å²) in [5, 5.41) is 6.49. The largest absolute Gasteiger partial charge is 0.353 e. The van der Waals surface area contributed by atoms with E-state index in [4.69, 9.17) is 0 Å². The normalized spacial score (nSPS) is 31.0. The molecule has 5 nitrogen and oxygen atoms in total. The Morgan fingerprint density at radius 3 is 2.48 bits per heavy atom. The molecule has 2 aliphatic heterocycles. The molecule has 0 radical (unpaired) electrons. The molecule has 2 heterocycles. The predicted octanol–water partition coefficient (Wildman–Crippen LogP) is 0.893. The van der Waals surface area contributed by atoms with E-state index < -0.39 is 0 Å². The van der Waals surface area contributed by atoms with Crippen LogP contribution in [0.1, 0.15) is 45.4 Å². The minimum absolute atomic E-state index is 0.225. The quantitative estimate of drug-likeness (QED) is 0.812. The summed E-state index contributed by atoms with van der Waals surface area (Å²) in [5.74, 6) is 0.793. The van der Waals surface area contributed by atoms with Crippen LogP contribution in [0.15, 0.2) is 0 Å². The lowest BCUT2D eigenvalue weighted by Crippen LogP contribution is -2.54. The van der Waals surface area contributed by atoms with Gasteiger partial charge in [-0.1, -0.05) is 0 Å². The van der Waals surface area contributed by atoms with E-state index in [-0.39, 0.29) is 23.3 Å². The fourth-order valence-electron chi connectivity index (χ4n) is 3.51. The second-order valence-electron chi connectivity index (χ2n) is 7.19. The molecule has 0 spiro atoms. The van der Waals surface area contributed by atoms with Crippen LogP contribution >= 0.6 is 0 Å². The fraction of sp³-hybridized carbons (Fsp3) is 0.875. The van der Waals surface area contributed by atoms with Crippen LogP contribution in [0.25, 0.3) is 0 Å². The number of carbonyl (C=O) groups is 2. The number of amides is 2. The number of rotatable bonds is 3. The summed E-state index contributed by atoms with van der Waals surface area (Å²) < 4.78 is 0. The van der Waals surface area contributed by atoms with Crippen LogP contribution in [0, 0.1) is 11.3 Å². The first kappa shape index (κ1) is 14.8. The molecule has 3 fully saturated rings. The van der Waals surface area contributed by atoms with E-state index in [0.29, 0.717) is 5.91 Å². The van der Waals surface area contributed by atoms with Crippen molar-refractivity contribution < 1.29 is 9.59 Å². The van der Waals surface area contributed by atoms with Crippen molar-refractivity contribution >= 4 is 11.8 Å². The van der Waals surface area contributed by atoms with Gasteiger partial charge in [-0.3, -0.25) is 9.59 Å². The Hall–Kier alpha value is -1.10. The second kappa shape index (κ2) is 5.95. The minimum Gasteiger partial charge on any atom is -0.353 e. The number of likely N-dealkylation sites (tertiary alicyclic amines) is 1. The average Bonchev–Trinajstić information content (AvgIpc) is 3.33. The van der Waals surface area contributed by atoms with Crippen molar-refractivity contribution in [1.29, 1.82) is 0 Å². The van der Waals surface area contributed by atoms with Gasteiger partial charge < -0.3 is 15.5 Å². The maximum Gasteiger partial charge on any atom is 0.229 e. The molecule has 3 aliphatic rings. The third kappa shape index (κ3) is 3.39. The van der Waals surface area contributed by atoms with Gasteiger partial charge in [-0.15, -0.1) is 0 Å². The summed E-state index contributed by atoms with van der Waals surface area (Å²) in [5.41, 5.74) is -0.234. The van der Waals surface area contributed by atoms with Crippen LogP contribution in [0.5, 0.6) is 0 Å². The van der Waals surface area contributed by atoms with E-state index in [1.807, 2.05) is 4.90 Å². The maximum atomic E-state index is 12.7. The Bertz CT molecular complexity index is 406. The third-order valence-corrected chi connectivity index (χ3v) is 5.19. The van der Waals surface area contributed by atoms with E-state index in [1.165, 1.54) is 0 Å². The van der Waals surface area contributed by atoms with Crippen molar-refractivity contribution in [3.63, 3.8) is 0 Å². The molecule has 2 saturated heterocycles. The van der Waals surface area contributed by atoms with Crippen molar-refractivity contribution in [3.8, 4) is 0 Å². The highest BCUT2D eigenvalue weighted by Crippen LogP contribution is 2.31. The van der Waals surface area contributed by atoms with Crippen LogP contribution in [-0.2, 0) is 9.59 Å². The summed E-state index contributed by atoms with van der Waals surface area (Å²) in [6.45, 7) is 5.47. The topological polar surface area (TPSA) is 61.4 Å². The zero-order valence-electron chi connectivity index (χ0n) is 13.0. The van der Waals surface area contributed by atoms with Crippen LogP contribution < -0.4 is 10.6 Å². The summed E-state index contributed by atoms with van der Waals surface area (Å²) >= 11 is 0. The van der Waals surface area contributed by atoms with Crippen molar-refractivity contribution in [1.82, 2.24) is 15.5 Å². The number of nitrogens with zero attached hydrogens (tertiary/aromatic N) is 1. The van der Waals surface area contributed by atoms with Gasteiger partial charge in [0, 0.05) is 31.6 Å². The molecule has 2 amide bonds. The summed E-state index contributed by atoms with van der Waals surface area (Å²) in [6, 6.07) is 0.263. The molecular formula is C16H27N3O2. The van der Waals surface area contributed by atoms with Gasteiger partial charge in [0.1, 0.15) is 0 Å². The molecule has 1 aliphatic carbocycles. The molecule has 3 rings (SSSR count). The average molecular weight is 293 g/mol. The second-order valence-corrected chi connectivity index (χ2v) is 7.19. The Balaban J connectivity index is 1.48. The van der Waals surface area contributed by atoms with Gasteiger partial charge in [0.25, 0.3) is 0 Å². The van der Waals surface area contributed by atoms with Crippen molar-refractivity contribution in [3.05, 3.63) is 0 Å². The van der Waals surface area contributed by atoms with E-state index in [9.17, 15) is 9.59 Å². The number of piperidine rings is 2. The van der Waals surface area contributed by atoms with Crippen LogP contribution in [-0.4, -0.2) is 48.9 Å². The van der Waals surface area contributed by atoms with Gasteiger partial charge >= 0.3 is 0 Å². The Morgan fingerprint density at radius 2 is 1.90 bits per heavy atom. The first-order valence-corrected chi connectivity index (χ1v) is 8.39. The van der Waals surface area contributed by atoms with Crippen LogP contribution in [0.2, 0.25) is 0 Å². The SMILES string of the molecule is CC1(C(=O)N2CCC(NC(=O)C3CC3)CC2)CCCNC1. The monoisotopic (exact) mass is 293 g/mol. The number of hydrogen-bond donors (Lipinski definition) is 2. The van der Waals surface area contributed by atoms with Gasteiger partial charge in [-0.05, 0) is 52.0 Å². The van der Waals surface area contributed by atoms with E-state index >= 15 is 0 Å². The molecule has 0 aromatic rings. The molecule has 118 valence electrons. The summed E-state index contributed by atoms with van der Waals surface area (Å²) in [4.78, 5) is 26.5. The molecular weight excluding hydrogens is 266 g/mol. The summed E-state index contributed by atoms with van der Waals surface area (Å²) in [7, 11) is 0. The standard InChI is InChI=1S/C16H27N3O2/c1-16(7-2-8-17-11-16)15(21)19-9-5-13(6-10-19)18-14(20)12-3-4-12/h12-13,17H,2-11H2,1H3,(H,18,20). The van der Waals surface area contributed by atoms with Gasteiger partial charge in [0.05, 0.1) is 5.41 Å². The van der Waals surface area contributed by atoms with E-state index in [0.717, 1.165) is 64.7 Å². The lowest BCUT2D eigenvalue weighted by Gasteiger charge is -2.40. The molecule has 1 atom stereocenters. The highest BCUT2D eigenvalue weighted by molar-refractivity contribution is 5.83. The molecule has 0 aromatic carbocycles. The molecule has 2 N–H and O–H groups in total. The van der Waals surface area contributed by atoms with E-state index in [2.05, 4.69) is 17.6 Å². The highest BCUT2D eigenvalue weighted by Gasteiger charge is 2.39. The number of carbonyl (C=O) groups excluding carboxylic acids is 2. The predicted molar refractivity (Wildman–Crippen MR) is 80.7 cm³/mol.